The number of aromatic nitrogens is 3. The first-order valence-electron chi connectivity index (χ1n) is 7.22. The summed E-state index contributed by atoms with van der Waals surface area (Å²) in [5.41, 5.74) is 1.54. The van der Waals surface area contributed by atoms with Crippen molar-refractivity contribution in [1.29, 1.82) is 0 Å². The maximum absolute atomic E-state index is 13.2. The number of hydrogen-bond acceptors (Lipinski definition) is 5. The van der Waals surface area contributed by atoms with E-state index in [1.807, 2.05) is 6.07 Å². The molecule has 1 fully saturated rings. The molecule has 0 N–H and O–H groups in total. The van der Waals surface area contributed by atoms with E-state index in [0.717, 1.165) is 11.3 Å². The zero-order valence-electron chi connectivity index (χ0n) is 12.7. The molecular weight excluding hydrogens is 319 g/mol. The predicted octanol–water partition coefficient (Wildman–Crippen LogP) is 1.69. The van der Waals surface area contributed by atoms with E-state index in [4.69, 9.17) is 4.74 Å². The van der Waals surface area contributed by atoms with Gasteiger partial charge in [-0.25, -0.2) is 9.07 Å². The molecule has 23 heavy (non-hydrogen) atoms. The monoisotopic (exact) mass is 336 g/mol. The number of carbonyl (C=O) groups excluding carboxylic acids is 1. The summed E-state index contributed by atoms with van der Waals surface area (Å²) in [6.07, 6.45) is 1.81. The second-order valence-corrected chi connectivity index (χ2v) is 6.28. The molecule has 2 aromatic rings. The number of thioether (sulfide) groups is 1. The van der Waals surface area contributed by atoms with Gasteiger partial charge in [0.15, 0.2) is 0 Å². The van der Waals surface area contributed by atoms with Gasteiger partial charge in [-0.05, 0) is 17.7 Å². The Morgan fingerprint density at radius 2 is 2.35 bits per heavy atom. The highest BCUT2D eigenvalue weighted by atomic mass is 32.2. The number of hydrogen-bond donors (Lipinski definition) is 0. The van der Waals surface area contributed by atoms with E-state index in [2.05, 4.69) is 10.3 Å². The van der Waals surface area contributed by atoms with Gasteiger partial charge >= 0.3 is 0 Å². The third kappa shape index (κ3) is 3.70. The molecule has 0 saturated carbocycles. The average Bonchev–Trinajstić information content (AvgIpc) is 3.12. The lowest BCUT2D eigenvalue weighted by atomic mass is 10.2. The Morgan fingerprint density at radius 3 is 3.13 bits per heavy atom. The van der Waals surface area contributed by atoms with Crippen LogP contribution in [-0.2, 0) is 16.1 Å². The maximum Gasteiger partial charge on any atom is 0.233 e. The van der Waals surface area contributed by atoms with E-state index in [1.54, 1.807) is 29.0 Å². The van der Waals surface area contributed by atoms with Crippen molar-refractivity contribution in [2.45, 2.75) is 11.9 Å². The second-order valence-electron chi connectivity index (χ2n) is 5.21. The highest BCUT2D eigenvalue weighted by Crippen LogP contribution is 2.37. The first-order chi connectivity index (χ1) is 11.2. The lowest BCUT2D eigenvalue weighted by Gasteiger charge is -2.21. The molecule has 0 radical (unpaired) electrons. The third-order valence-corrected chi connectivity index (χ3v) is 4.77. The third-order valence-electron chi connectivity index (χ3n) is 3.55. The van der Waals surface area contributed by atoms with Crippen molar-refractivity contribution in [3.8, 4) is 0 Å². The van der Waals surface area contributed by atoms with E-state index in [-0.39, 0.29) is 17.1 Å². The predicted molar refractivity (Wildman–Crippen MR) is 84.3 cm³/mol. The number of amides is 1. The Hall–Kier alpha value is -1.93. The van der Waals surface area contributed by atoms with Crippen molar-refractivity contribution in [3.63, 3.8) is 0 Å². The van der Waals surface area contributed by atoms with Crippen LogP contribution in [0.5, 0.6) is 0 Å². The standard InChI is InChI=1S/C15H17FN4O2S/c1-22-6-5-20-14(21)10-23-15(20)13-9-19(18-17-13)8-11-3-2-4-12(16)7-11/h2-4,7,9,15H,5-6,8,10H2,1H3/t15-/m0/s1. The van der Waals surface area contributed by atoms with Crippen LogP contribution in [0.1, 0.15) is 16.6 Å². The van der Waals surface area contributed by atoms with Gasteiger partial charge in [-0.2, -0.15) is 0 Å². The van der Waals surface area contributed by atoms with Crippen LogP contribution in [-0.4, -0.2) is 51.8 Å². The van der Waals surface area contributed by atoms with Gasteiger partial charge in [-0.15, -0.1) is 16.9 Å². The van der Waals surface area contributed by atoms with E-state index in [9.17, 15) is 9.18 Å². The van der Waals surface area contributed by atoms with Crippen molar-refractivity contribution < 1.29 is 13.9 Å². The smallest absolute Gasteiger partial charge is 0.233 e. The second kappa shape index (κ2) is 7.10. The van der Waals surface area contributed by atoms with Crippen molar-refractivity contribution in [2.24, 2.45) is 0 Å². The lowest BCUT2D eigenvalue weighted by Crippen LogP contribution is -2.31. The molecule has 1 amide bonds. The van der Waals surface area contributed by atoms with Crippen molar-refractivity contribution in [2.75, 3.05) is 26.0 Å². The number of methoxy groups -OCH3 is 1. The molecule has 122 valence electrons. The van der Waals surface area contributed by atoms with E-state index in [0.29, 0.717) is 25.4 Å². The van der Waals surface area contributed by atoms with Crippen molar-refractivity contribution >= 4 is 17.7 Å². The molecule has 2 heterocycles. The summed E-state index contributed by atoms with van der Waals surface area (Å²) in [5, 5.41) is 8.12. The number of ether oxygens (including phenoxy) is 1. The summed E-state index contributed by atoms with van der Waals surface area (Å²) in [6, 6.07) is 6.38. The summed E-state index contributed by atoms with van der Waals surface area (Å²) >= 11 is 1.53. The van der Waals surface area contributed by atoms with Crippen LogP contribution in [0, 0.1) is 5.82 Å². The van der Waals surface area contributed by atoms with E-state index < -0.39 is 0 Å². The normalized spacial score (nSPS) is 17.9. The molecule has 1 aromatic carbocycles. The minimum atomic E-state index is -0.273. The summed E-state index contributed by atoms with van der Waals surface area (Å²) in [7, 11) is 1.61. The zero-order chi connectivity index (χ0) is 16.2. The molecule has 3 rings (SSSR count). The molecule has 0 unspecified atom stereocenters. The first kappa shape index (κ1) is 15.9. The molecular formula is C15H17FN4O2S. The Balaban J connectivity index is 1.72. The lowest BCUT2D eigenvalue weighted by molar-refractivity contribution is -0.128. The molecule has 1 aliphatic rings. The summed E-state index contributed by atoms with van der Waals surface area (Å²) < 4.78 is 19.9. The Kier molecular flexibility index (Phi) is 4.92. The Labute approximate surface area is 137 Å². The molecule has 0 bridgehead atoms. The van der Waals surface area contributed by atoms with E-state index in [1.165, 1.54) is 23.9 Å². The minimum Gasteiger partial charge on any atom is -0.383 e. The van der Waals surface area contributed by atoms with Gasteiger partial charge in [-0.3, -0.25) is 4.79 Å². The van der Waals surface area contributed by atoms with Crippen LogP contribution < -0.4 is 0 Å². The highest BCUT2D eigenvalue weighted by Gasteiger charge is 2.34. The van der Waals surface area contributed by atoms with Gasteiger partial charge in [0.05, 0.1) is 25.1 Å². The van der Waals surface area contributed by atoms with Gasteiger partial charge in [0.1, 0.15) is 16.9 Å². The fourth-order valence-corrected chi connectivity index (χ4v) is 3.60. The number of nitrogens with zero attached hydrogens (tertiary/aromatic N) is 4. The largest absolute Gasteiger partial charge is 0.383 e. The van der Waals surface area contributed by atoms with Crippen molar-refractivity contribution in [3.05, 3.63) is 47.5 Å². The van der Waals surface area contributed by atoms with Gasteiger partial charge in [0, 0.05) is 13.7 Å². The van der Waals surface area contributed by atoms with Gasteiger partial charge in [0.25, 0.3) is 0 Å². The Morgan fingerprint density at radius 1 is 1.48 bits per heavy atom. The topological polar surface area (TPSA) is 60.2 Å². The number of benzene rings is 1. The molecule has 6 nitrogen and oxygen atoms in total. The summed E-state index contributed by atoms with van der Waals surface area (Å²) in [6.45, 7) is 1.46. The molecule has 1 atom stereocenters. The maximum atomic E-state index is 13.2. The molecule has 1 aliphatic heterocycles. The molecule has 8 heteroatoms. The fraction of sp³-hybridized carbons (Fsp3) is 0.400. The molecule has 0 aliphatic carbocycles. The summed E-state index contributed by atoms with van der Waals surface area (Å²) in [5.74, 6) is 0.243. The van der Waals surface area contributed by atoms with Crippen LogP contribution in [0.25, 0.3) is 0 Å². The summed E-state index contributed by atoms with van der Waals surface area (Å²) in [4.78, 5) is 13.7. The Bertz CT molecular complexity index is 694. The van der Waals surface area contributed by atoms with Crippen LogP contribution in [0.4, 0.5) is 4.39 Å². The van der Waals surface area contributed by atoms with Crippen LogP contribution in [0.2, 0.25) is 0 Å². The van der Waals surface area contributed by atoms with Gasteiger partial charge in [0.2, 0.25) is 5.91 Å². The number of carbonyl (C=O) groups is 1. The molecule has 1 saturated heterocycles. The molecule has 0 spiro atoms. The average molecular weight is 336 g/mol. The van der Waals surface area contributed by atoms with Crippen LogP contribution >= 0.6 is 11.8 Å². The van der Waals surface area contributed by atoms with Crippen LogP contribution in [0.3, 0.4) is 0 Å². The molecule has 1 aromatic heterocycles. The van der Waals surface area contributed by atoms with Crippen LogP contribution in [0.15, 0.2) is 30.5 Å². The van der Waals surface area contributed by atoms with Crippen molar-refractivity contribution in [1.82, 2.24) is 19.9 Å². The minimum absolute atomic E-state index is 0.0803. The SMILES string of the molecule is COCCN1C(=O)CS[C@H]1c1cn(Cc2cccc(F)c2)nn1. The quantitative estimate of drug-likeness (QED) is 0.803. The number of rotatable bonds is 6. The first-order valence-corrected chi connectivity index (χ1v) is 8.27. The zero-order valence-corrected chi connectivity index (χ0v) is 13.5. The highest BCUT2D eigenvalue weighted by molar-refractivity contribution is 8.00. The number of halogens is 1. The van der Waals surface area contributed by atoms with Gasteiger partial charge in [-0.1, -0.05) is 17.3 Å². The van der Waals surface area contributed by atoms with E-state index >= 15 is 0 Å². The fourth-order valence-electron chi connectivity index (χ4n) is 2.46. The van der Waals surface area contributed by atoms with Gasteiger partial charge < -0.3 is 9.64 Å².